The molecule has 1 unspecified atom stereocenters. The van der Waals surface area contributed by atoms with E-state index in [2.05, 4.69) is 10.3 Å². The van der Waals surface area contributed by atoms with Gasteiger partial charge in [-0.3, -0.25) is 4.79 Å². The first kappa shape index (κ1) is 14.7. The number of nitrogens with one attached hydrogen (secondary N) is 1. The van der Waals surface area contributed by atoms with E-state index < -0.39 is 6.10 Å². The molecule has 0 spiro atoms. The van der Waals surface area contributed by atoms with Gasteiger partial charge in [0.1, 0.15) is 11.0 Å². The standard InChI is InChI=1S/C12H18ClN3O2/c1-4-14-11-6-9(5-10(13)15-11)12(18)16(3)7-8(2)17/h5-6,8,17H,4,7H2,1-3H3,(H,14,15). The normalized spacial score (nSPS) is 12.1. The smallest absolute Gasteiger partial charge is 0.253 e. The number of aromatic nitrogens is 1. The number of aliphatic hydroxyl groups is 1. The molecule has 0 aromatic carbocycles. The van der Waals surface area contributed by atoms with Crippen LogP contribution in [0.1, 0.15) is 24.2 Å². The molecule has 5 nitrogen and oxygen atoms in total. The number of hydrogen-bond donors (Lipinski definition) is 2. The summed E-state index contributed by atoms with van der Waals surface area (Å²) in [5, 5.41) is 12.5. The van der Waals surface area contributed by atoms with Crippen LogP contribution in [0.5, 0.6) is 0 Å². The lowest BCUT2D eigenvalue weighted by Crippen LogP contribution is -2.33. The SMILES string of the molecule is CCNc1cc(C(=O)N(C)CC(C)O)cc(Cl)n1. The van der Waals surface area contributed by atoms with Crippen molar-refractivity contribution in [2.45, 2.75) is 20.0 Å². The van der Waals surface area contributed by atoms with Gasteiger partial charge in [-0.25, -0.2) is 4.98 Å². The van der Waals surface area contributed by atoms with Gasteiger partial charge in [0.25, 0.3) is 5.91 Å². The Labute approximate surface area is 112 Å². The van der Waals surface area contributed by atoms with Gasteiger partial charge in [0.05, 0.1) is 6.10 Å². The van der Waals surface area contributed by atoms with Crippen molar-refractivity contribution in [3.63, 3.8) is 0 Å². The molecular weight excluding hydrogens is 254 g/mol. The Morgan fingerprint density at radius 2 is 2.28 bits per heavy atom. The van der Waals surface area contributed by atoms with E-state index in [1.165, 1.54) is 11.0 Å². The Morgan fingerprint density at radius 1 is 1.61 bits per heavy atom. The van der Waals surface area contributed by atoms with Crippen molar-refractivity contribution in [3.8, 4) is 0 Å². The van der Waals surface area contributed by atoms with Crippen LogP contribution in [0.2, 0.25) is 5.15 Å². The number of nitrogens with zero attached hydrogens (tertiary/aromatic N) is 2. The monoisotopic (exact) mass is 271 g/mol. The number of carbonyl (C=O) groups excluding carboxylic acids is 1. The zero-order valence-electron chi connectivity index (χ0n) is 10.8. The van der Waals surface area contributed by atoms with E-state index >= 15 is 0 Å². The van der Waals surface area contributed by atoms with Gasteiger partial charge in [0.15, 0.2) is 0 Å². The Hall–Kier alpha value is -1.33. The molecule has 1 aromatic rings. The van der Waals surface area contributed by atoms with Crippen molar-refractivity contribution in [2.75, 3.05) is 25.5 Å². The Balaban J connectivity index is 2.91. The zero-order chi connectivity index (χ0) is 13.7. The number of rotatable bonds is 5. The lowest BCUT2D eigenvalue weighted by atomic mass is 10.2. The fourth-order valence-electron chi connectivity index (χ4n) is 1.59. The number of carbonyl (C=O) groups is 1. The molecule has 1 atom stereocenters. The van der Waals surface area contributed by atoms with Crippen LogP contribution in [0.3, 0.4) is 0 Å². The van der Waals surface area contributed by atoms with E-state index in [1.54, 1.807) is 20.0 Å². The van der Waals surface area contributed by atoms with Crippen LogP contribution < -0.4 is 5.32 Å². The van der Waals surface area contributed by atoms with Crippen LogP contribution in [-0.4, -0.2) is 47.1 Å². The van der Waals surface area contributed by atoms with E-state index in [-0.39, 0.29) is 17.6 Å². The molecule has 0 radical (unpaired) electrons. The number of halogens is 1. The Morgan fingerprint density at radius 3 is 2.83 bits per heavy atom. The second kappa shape index (κ2) is 6.56. The van der Waals surface area contributed by atoms with Crippen molar-refractivity contribution >= 4 is 23.3 Å². The number of amides is 1. The topological polar surface area (TPSA) is 65.5 Å². The summed E-state index contributed by atoms with van der Waals surface area (Å²) in [6.07, 6.45) is -0.565. The molecule has 1 amide bonds. The van der Waals surface area contributed by atoms with E-state index in [0.717, 1.165) is 0 Å². The predicted molar refractivity (Wildman–Crippen MR) is 72.1 cm³/mol. The molecule has 0 bridgehead atoms. The van der Waals surface area contributed by atoms with Gasteiger partial charge in [-0.1, -0.05) is 11.6 Å². The molecule has 0 fully saturated rings. The molecule has 1 aromatic heterocycles. The summed E-state index contributed by atoms with van der Waals surface area (Å²) in [6, 6.07) is 3.17. The molecule has 2 N–H and O–H groups in total. The highest BCUT2D eigenvalue weighted by Gasteiger charge is 2.15. The lowest BCUT2D eigenvalue weighted by Gasteiger charge is -2.19. The number of aliphatic hydroxyl groups excluding tert-OH is 1. The third-order valence-corrected chi connectivity index (χ3v) is 2.48. The summed E-state index contributed by atoms with van der Waals surface area (Å²) in [5.74, 6) is 0.373. The molecule has 0 saturated carbocycles. The van der Waals surface area contributed by atoms with E-state index in [0.29, 0.717) is 17.9 Å². The van der Waals surface area contributed by atoms with Crippen LogP contribution in [0.25, 0.3) is 0 Å². The van der Waals surface area contributed by atoms with E-state index in [4.69, 9.17) is 11.6 Å². The van der Waals surface area contributed by atoms with Gasteiger partial charge in [-0.05, 0) is 26.0 Å². The average molecular weight is 272 g/mol. The summed E-state index contributed by atoms with van der Waals surface area (Å²) < 4.78 is 0. The van der Waals surface area contributed by atoms with E-state index in [9.17, 15) is 9.90 Å². The van der Waals surface area contributed by atoms with Crippen LogP contribution in [-0.2, 0) is 0 Å². The number of pyridine rings is 1. The second-order valence-corrected chi connectivity index (χ2v) is 4.52. The summed E-state index contributed by atoms with van der Waals surface area (Å²) in [6.45, 7) is 4.54. The largest absolute Gasteiger partial charge is 0.392 e. The average Bonchev–Trinajstić information content (AvgIpc) is 2.26. The fraction of sp³-hybridized carbons (Fsp3) is 0.500. The molecule has 6 heteroatoms. The molecule has 100 valence electrons. The third kappa shape index (κ3) is 4.16. The molecule has 1 rings (SSSR count). The highest BCUT2D eigenvalue weighted by atomic mass is 35.5. The summed E-state index contributed by atoms with van der Waals surface area (Å²) in [7, 11) is 1.64. The zero-order valence-corrected chi connectivity index (χ0v) is 11.5. The quantitative estimate of drug-likeness (QED) is 0.799. The van der Waals surface area contributed by atoms with Gasteiger partial charge in [-0.2, -0.15) is 0 Å². The first-order valence-electron chi connectivity index (χ1n) is 5.79. The predicted octanol–water partition coefficient (Wildman–Crippen LogP) is 1.62. The minimum absolute atomic E-state index is 0.195. The highest BCUT2D eigenvalue weighted by molar-refractivity contribution is 6.29. The molecular formula is C12H18ClN3O2. The van der Waals surface area contributed by atoms with Crippen molar-refractivity contribution in [3.05, 3.63) is 22.8 Å². The van der Waals surface area contributed by atoms with Gasteiger partial charge in [-0.15, -0.1) is 0 Å². The van der Waals surface area contributed by atoms with Crippen molar-refractivity contribution in [2.24, 2.45) is 0 Å². The lowest BCUT2D eigenvalue weighted by molar-refractivity contribution is 0.0703. The van der Waals surface area contributed by atoms with Gasteiger partial charge >= 0.3 is 0 Å². The molecule has 1 heterocycles. The first-order valence-corrected chi connectivity index (χ1v) is 6.16. The number of anilines is 1. The fourth-order valence-corrected chi connectivity index (χ4v) is 1.80. The van der Waals surface area contributed by atoms with E-state index in [1.807, 2.05) is 6.92 Å². The first-order chi connectivity index (χ1) is 8.43. The van der Waals surface area contributed by atoms with Crippen molar-refractivity contribution in [1.82, 2.24) is 9.88 Å². The number of hydrogen-bond acceptors (Lipinski definition) is 4. The molecule has 0 aliphatic heterocycles. The maximum absolute atomic E-state index is 12.1. The van der Waals surface area contributed by atoms with Crippen LogP contribution >= 0.6 is 11.6 Å². The molecule has 0 aliphatic rings. The van der Waals surface area contributed by atoms with Crippen LogP contribution in [0.15, 0.2) is 12.1 Å². The van der Waals surface area contributed by atoms with Crippen LogP contribution in [0.4, 0.5) is 5.82 Å². The number of likely N-dealkylation sites (N-methyl/N-ethyl adjacent to an activating group) is 1. The van der Waals surface area contributed by atoms with Crippen LogP contribution in [0, 0.1) is 0 Å². The molecule has 0 aliphatic carbocycles. The molecule has 18 heavy (non-hydrogen) atoms. The maximum atomic E-state index is 12.1. The van der Waals surface area contributed by atoms with Crippen molar-refractivity contribution in [1.29, 1.82) is 0 Å². The summed E-state index contributed by atoms with van der Waals surface area (Å²) in [4.78, 5) is 17.6. The Bertz CT molecular complexity index is 424. The minimum Gasteiger partial charge on any atom is -0.392 e. The summed E-state index contributed by atoms with van der Waals surface area (Å²) >= 11 is 5.87. The third-order valence-electron chi connectivity index (χ3n) is 2.28. The second-order valence-electron chi connectivity index (χ2n) is 4.13. The molecule has 0 saturated heterocycles. The van der Waals surface area contributed by atoms with Gasteiger partial charge in [0, 0.05) is 25.7 Å². The van der Waals surface area contributed by atoms with Gasteiger partial charge in [0.2, 0.25) is 0 Å². The van der Waals surface area contributed by atoms with Gasteiger partial charge < -0.3 is 15.3 Å². The highest BCUT2D eigenvalue weighted by Crippen LogP contribution is 2.16. The minimum atomic E-state index is -0.565. The maximum Gasteiger partial charge on any atom is 0.253 e. The summed E-state index contributed by atoms with van der Waals surface area (Å²) in [5.41, 5.74) is 0.453. The van der Waals surface area contributed by atoms with Crippen molar-refractivity contribution < 1.29 is 9.90 Å². The Kier molecular flexibility index (Phi) is 5.37.